The van der Waals surface area contributed by atoms with Crippen molar-refractivity contribution in [3.63, 3.8) is 0 Å². The van der Waals surface area contributed by atoms with Gasteiger partial charge in [0.15, 0.2) is 0 Å². The number of rotatable bonds is 9. The number of sulfonamides is 1. The van der Waals surface area contributed by atoms with E-state index < -0.39 is 15.9 Å². The molecule has 1 aromatic carbocycles. The molecule has 0 aliphatic heterocycles. The predicted octanol–water partition coefficient (Wildman–Crippen LogP) is 3.34. The van der Waals surface area contributed by atoms with E-state index in [1.54, 1.807) is 38.1 Å². The molecule has 3 aromatic rings. The lowest BCUT2D eigenvalue weighted by Gasteiger charge is -2.17. The quantitative estimate of drug-likeness (QED) is 0.335. The fraction of sp³-hybridized carbons (Fsp3) is 0.273. The van der Waals surface area contributed by atoms with E-state index in [0.29, 0.717) is 34.5 Å². The highest BCUT2D eigenvalue weighted by Crippen LogP contribution is 2.30. The van der Waals surface area contributed by atoms with Gasteiger partial charge in [-0.3, -0.25) is 14.4 Å². The molecule has 0 radical (unpaired) electrons. The predicted molar refractivity (Wildman–Crippen MR) is 131 cm³/mol. The molecular weight excluding hydrogens is 458 g/mol. The van der Waals surface area contributed by atoms with Gasteiger partial charge in [-0.25, -0.2) is 28.8 Å². The fourth-order valence-corrected chi connectivity index (χ4v) is 3.68. The van der Waals surface area contributed by atoms with Gasteiger partial charge in [-0.15, -0.1) is 0 Å². The molecule has 34 heavy (non-hydrogen) atoms. The maximum absolute atomic E-state index is 12.7. The Morgan fingerprint density at radius 3 is 2.41 bits per heavy atom. The minimum absolute atomic E-state index is 0.194. The Morgan fingerprint density at radius 1 is 0.971 bits per heavy atom. The Labute approximate surface area is 198 Å². The molecule has 0 unspecified atom stereocenters. The third-order valence-electron chi connectivity index (χ3n) is 4.42. The van der Waals surface area contributed by atoms with Crippen molar-refractivity contribution in [1.29, 1.82) is 0 Å². The lowest BCUT2D eigenvalue weighted by molar-refractivity contribution is 0.0365. The van der Waals surface area contributed by atoms with Crippen molar-refractivity contribution in [3.8, 4) is 0 Å². The molecule has 4 N–H and O–H groups in total. The third-order valence-corrected chi connectivity index (χ3v) is 5.01. The monoisotopic (exact) mass is 485 g/mol. The maximum atomic E-state index is 12.7. The SMILES string of the molecule is CCONC(=O)c1cnc(Nc2cc(C)nc(C)n2)cc1Nc1ccc(C)cc1NS(C)(=O)=O. The molecule has 3 rings (SSSR count). The van der Waals surface area contributed by atoms with Crippen molar-refractivity contribution in [3.05, 3.63) is 59.2 Å². The van der Waals surface area contributed by atoms with Crippen LogP contribution in [-0.2, 0) is 14.9 Å². The van der Waals surface area contributed by atoms with Crippen LogP contribution in [-0.4, -0.2) is 42.1 Å². The number of aromatic nitrogens is 3. The van der Waals surface area contributed by atoms with Gasteiger partial charge in [0, 0.05) is 24.0 Å². The summed E-state index contributed by atoms with van der Waals surface area (Å²) in [6, 6.07) is 8.62. The van der Waals surface area contributed by atoms with Crippen molar-refractivity contribution >= 4 is 44.6 Å². The van der Waals surface area contributed by atoms with E-state index in [4.69, 9.17) is 4.84 Å². The number of nitrogens with zero attached hydrogens (tertiary/aromatic N) is 3. The number of hydrogen-bond donors (Lipinski definition) is 4. The second kappa shape index (κ2) is 10.4. The first kappa shape index (κ1) is 24.9. The van der Waals surface area contributed by atoms with Crippen molar-refractivity contribution in [2.45, 2.75) is 27.7 Å². The summed E-state index contributed by atoms with van der Waals surface area (Å²) in [5.74, 6) is 1.05. The van der Waals surface area contributed by atoms with Gasteiger partial charge >= 0.3 is 0 Å². The van der Waals surface area contributed by atoms with Crippen LogP contribution in [0.25, 0.3) is 0 Å². The van der Waals surface area contributed by atoms with Crippen molar-refractivity contribution in [1.82, 2.24) is 20.4 Å². The zero-order chi connectivity index (χ0) is 24.9. The van der Waals surface area contributed by atoms with Crippen molar-refractivity contribution in [2.75, 3.05) is 28.2 Å². The lowest BCUT2D eigenvalue weighted by Crippen LogP contribution is -2.24. The number of amides is 1. The number of benzene rings is 1. The molecule has 12 heteroatoms. The third kappa shape index (κ3) is 6.86. The molecule has 11 nitrogen and oxygen atoms in total. The zero-order valence-electron chi connectivity index (χ0n) is 19.6. The number of aryl methyl sites for hydroxylation is 3. The van der Waals surface area contributed by atoms with E-state index in [-0.39, 0.29) is 12.2 Å². The van der Waals surface area contributed by atoms with Crippen LogP contribution in [0.1, 0.15) is 34.4 Å². The minimum atomic E-state index is -3.53. The molecule has 0 saturated carbocycles. The molecule has 0 bridgehead atoms. The molecule has 180 valence electrons. The summed E-state index contributed by atoms with van der Waals surface area (Å²) in [6.07, 6.45) is 2.46. The first-order valence-electron chi connectivity index (χ1n) is 10.4. The maximum Gasteiger partial charge on any atom is 0.278 e. The summed E-state index contributed by atoms with van der Waals surface area (Å²) in [6.45, 7) is 7.52. The van der Waals surface area contributed by atoms with E-state index in [9.17, 15) is 13.2 Å². The van der Waals surface area contributed by atoms with E-state index in [1.165, 1.54) is 6.20 Å². The topological polar surface area (TPSA) is 147 Å². The molecule has 0 spiro atoms. The Hall–Kier alpha value is -3.77. The van der Waals surface area contributed by atoms with Crippen molar-refractivity contribution < 1.29 is 18.0 Å². The molecule has 0 fully saturated rings. The van der Waals surface area contributed by atoms with Crippen LogP contribution in [0.4, 0.5) is 28.7 Å². The fourth-order valence-electron chi connectivity index (χ4n) is 3.11. The van der Waals surface area contributed by atoms with Gasteiger partial charge in [0.1, 0.15) is 17.5 Å². The van der Waals surface area contributed by atoms with E-state index in [0.717, 1.165) is 17.5 Å². The highest BCUT2D eigenvalue weighted by molar-refractivity contribution is 7.92. The van der Waals surface area contributed by atoms with E-state index in [1.807, 2.05) is 19.9 Å². The second-order valence-corrected chi connectivity index (χ2v) is 9.34. The molecular formula is C22H27N7O4S. The van der Waals surface area contributed by atoms with Gasteiger partial charge in [-0.2, -0.15) is 0 Å². The molecule has 0 atom stereocenters. The Kier molecular flexibility index (Phi) is 7.64. The van der Waals surface area contributed by atoms with Gasteiger partial charge in [-0.1, -0.05) is 6.07 Å². The van der Waals surface area contributed by atoms with Gasteiger partial charge in [-0.05, 0) is 45.4 Å². The van der Waals surface area contributed by atoms with E-state index in [2.05, 4.69) is 35.8 Å². The number of anilines is 5. The number of carbonyl (C=O) groups is 1. The van der Waals surface area contributed by atoms with Crippen molar-refractivity contribution in [2.24, 2.45) is 0 Å². The Balaban J connectivity index is 2.02. The van der Waals surface area contributed by atoms with Gasteiger partial charge in [0.2, 0.25) is 10.0 Å². The largest absolute Gasteiger partial charge is 0.353 e. The van der Waals surface area contributed by atoms with Crippen LogP contribution < -0.4 is 20.8 Å². The van der Waals surface area contributed by atoms with Gasteiger partial charge in [0.05, 0.1) is 35.5 Å². The highest BCUT2D eigenvalue weighted by Gasteiger charge is 2.16. The molecule has 2 heterocycles. The summed E-state index contributed by atoms with van der Waals surface area (Å²) >= 11 is 0. The van der Waals surface area contributed by atoms with Crippen LogP contribution in [0.3, 0.4) is 0 Å². The highest BCUT2D eigenvalue weighted by atomic mass is 32.2. The van der Waals surface area contributed by atoms with Gasteiger partial charge in [0.25, 0.3) is 5.91 Å². The normalized spacial score (nSPS) is 11.1. The first-order chi connectivity index (χ1) is 16.0. The number of hydroxylamine groups is 1. The standard InChI is InChI=1S/C22H27N7O4S/c1-6-33-28-22(30)16-12-23-20(27-21-10-14(3)24-15(4)25-21)11-18(16)26-17-8-7-13(2)9-19(17)29-34(5,31)32/h7-12,29H,6H2,1-5H3,(H,28,30)(H2,23,24,25,26,27). The number of carbonyl (C=O) groups excluding carboxylic acids is 1. The molecule has 0 saturated heterocycles. The summed E-state index contributed by atoms with van der Waals surface area (Å²) in [7, 11) is -3.53. The van der Waals surface area contributed by atoms with Crippen LogP contribution in [0, 0.1) is 20.8 Å². The lowest BCUT2D eigenvalue weighted by atomic mass is 10.1. The number of nitrogens with one attached hydrogen (secondary N) is 4. The molecule has 0 aliphatic carbocycles. The molecule has 1 amide bonds. The van der Waals surface area contributed by atoms with Crippen LogP contribution in [0.5, 0.6) is 0 Å². The number of pyridine rings is 1. The Morgan fingerprint density at radius 2 is 1.74 bits per heavy atom. The first-order valence-corrected chi connectivity index (χ1v) is 12.3. The molecule has 2 aromatic heterocycles. The van der Waals surface area contributed by atoms with Crippen LogP contribution in [0.15, 0.2) is 36.5 Å². The summed E-state index contributed by atoms with van der Waals surface area (Å²) in [5, 5.41) is 6.25. The average Bonchev–Trinajstić information content (AvgIpc) is 2.72. The smallest absolute Gasteiger partial charge is 0.278 e. The summed E-state index contributed by atoms with van der Waals surface area (Å²) in [4.78, 5) is 30.6. The Bertz CT molecular complexity index is 1290. The number of hydrogen-bond acceptors (Lipinski definition) is 9. The average molecular weight is 486 g/mol. The summed E-state index contributed by atoms with van der Waals surface area (Å²) in [5.41, 5.74) is 5.36. The summed E-state index contributed by atoms with van der Waals surface area (Å²) < 4.78 is 26.2. The molecule has 0 aliphatic rings. The van der Waals surface area contributed by atoms with Crippen LogP contribution >= 0.6 is 0 Å². The minimum Gasteiger partial charge on any atom is -0.353 e. The van der Waals surface area contributed by atoms with E-state index >= 15 is 0 Å². The second-order valence-electron chi connectivity index (χ2n) is 7.59. The zero-order valence-corrected chi connectivity index (χ0v) is 20.4. The van der Waals surface area contributed by atoms with Crippen LogP contribution in [0.2, 0.25) is 0 Å². The van der Waals surface area contributed by atoms with Gasteiger partial charge < -0.3 is 10.6 Å².